The van der Waals surface area contributed by atoms with Crippen LogP contribution in [0.2, 0.25) is 0 Å². The summed E-state index contributed by atoms with van der Waals surface area (Å²) in [5.74, 6) is 3.48. The van der Waals surface area contributed by atoms with Crippen LogP contribution in [0.1, 0.15) is 55.1 Å². The molecule has 4 aliphatic carbocycles. The van der Waals surface area contributed by atoms with Crippen LogP contribution in [-0.4, -0.2) is 9.55 Å². The number of fused-ring (bicyclic) bond motifs is 10. The van der Waals surface area contributed by atoms with E-state index in [0.717, 1.165) is 23.7 Å². The molecule has 5 atom stereocenters. The number of aromatic nitrogens is 2. The Balaban J connectivity index is 1.40. The first-order valence-electron chi connectivity index (χ1n) is 12.7. The van der Waals surface area contributed by atoms with Crippen LogP contribution < -0.4 is 0 Å². The van der Waals surface area contributed by atoms with Gasteiger partial charge in [-0.1, -0.05) is 36.4 Å². The lowest BCUT2D eigenvalue weighted by atomic mass is 9.56. The standard InChI is InChI=1S/C31H26N2/c1-2-6-22(7-3-1)33-28-9-5-4-8-23(28)24-13-27-25(14-29(24)33)30-19-11-21-12-20-10-18(26(30)17-32-27)15-31(20,21)16-19/h1-9,13-14,17-21H,10-12,15-16H2. The Morgan fingerprint density at radius 1 is 0.727 bits per heavy atom. The van der Waals surface area contributed by atoms with Gasteiger partial charge in [0.15, 0.2) is 0 Å². The van der Waals surface area contributed by atoms with Crippen molar-refractivity contribution in [3.63, 3.8) is 0 Å². The largest absolute Gasteiger partial charge is 0.309 e. The summed E-state index contributed by atoms with van der Waals surface area (Å²) in [5.41, 5.74) is 8.96. The smallest absolute Gasteiger partial charge is 0.0712 e. The maximum Gasteiger partial charge on any atom is 0.0712 e. The molecule has 3 saturated carbocycles. The fraction of sp³-hybridized carbons (Fsp3) is 0.323. The van der Waals surface area contributed by atoms with Gasteiger partial charge in [-0.25, -0.2) is 0 Å². The van der Waals surface area contributed by atoms with Gasteiger partial charge < -0.3 is 4.57 Å². The lowest BCUT2D eigenvalue weighted by Crippen LogP contribution is -2.41. The van der Waals surface area contributed by atoms with Crippen molar-refractivity contribution in [2.45, 2.75) is 43.9 Å². The van der Waals surface area contributed by atoms with Crippen LogP contribution in [0, 0.1) is 17.3 Å². The number of hydrogen-bond donors (Lipinski definition) is 0. The summed E-state index contributed by atoms with van der Waals surface area (Å²) in [6.45, 7) is 0. The van der Waals surface area contributed by atoms with Gasteiger partial charge in [-0.15, -0.1) is 0 Å². The van der Waals surface area contributed by atoms with Crippen LogP contribution in [0.3, 0.4) is 0 Å². The molecule has 2 heterocycles. The van der Waals surface area contributed by atoms with E-state index >= 15 is 0 Å². The Kier molecular flexibility index (Phi) is 2.98. The Bertz CT molecular complexity index is 1630. The first-order chi connectivity index (χ1) is 16.3. The summed E-state index contributed by atoms with van der Waals surface area (Å²) >= 11 is 0. The third-order valence-corrected chi connectivity index (χ3v) is 10.2. The van der Waals surface area contributed by atoms with E-state index in [2.05, 4.69) is 77.5 Å². The van der Waals surface area contributed by atoms with E-state index in [0.29, 0.717) is 5.41 Å². The molecule has 33 heavy (non-hydrogen) atoms. The van der Waals surface area contributed by atoms with Crippen LogP contribution in [-0.2, 0) is 0 Å². The highest BCUT2D eigenvalue weighted by atomic mass is 15.0. The van der Waals surface area contributed by atoms with Gasteiger partial charge in [-0.3, -0.25) is 4.98 Å². The molecule has 0 amide bonds. The Morgan fingerprint density at radius 2 is 1.52 bits per heavy atom. The first kappa shape index (κ1) is 17.4. The monoisotopic (exact) mass is 426 g/mol. The van der Waals surface area contributed by atoms with Gasteiger partial charge in [0.1, 0.15) is 0 Å². The van der Waals surface area contributed by atoms with E-state index in [1.54, 1.807) is 11.1 Å². The van der Waals surface area contributed by atoms with Crippen molar-refractivity contribution in [2.75, 3.05) is 0 Å². The van der Waals surface area contributed by atoms with Crippen molar-refractivity contribution < 1.29 is 0 Å². The van der Waals surface area contributed by atoms with Gasteiger partial charge >= 0.3 is 0 Å². The van der Waals surface area contributed by atoms with Crippen LogP contribution in [0.5, 0.6) is 0 Å². The van der Waals surface area contributed by atoms with E-state index in [1.807, 2.05) is 0 Å². The lowest BCUT2D eigenvalue weighted by molar-refractivity contribution is 0.00322. The molecular weight excluding hydrogens is 400 g/mol. The minimum Gasteiger partial charge on any atom is -0.309 e. The molecule has 0 saturated heterocycles. The average Bonchev–Trinajstić information content (AvgIpc) is 3.41. The van der Waals surface area contributed by atoms with E-state index in [9.17, 15) is 0 Å². The maximum absolute atomic E-state index is 5.10. The highest BCUT2D eigenvalue weighted by Crippen LogP contribution is 2.76. The van der Waals surface area contributed by atoms with E-state index in [4.69, 9.17) is 4.98 Å². The van der Waals surface area contributed by atoms with Crippen molar-refractivity contribution in [2.24, 2.45) is 17.3 Å². The number of benzene rings is 3. The summed E-state index contributed by atoms with van der Waals surface area (Å²) < 4.78 is 2.46. The summed E-state index contributed by atoms with van der Waals surface area (Å²) in [7, 11) is 0. The number of para-hydroxylation sites is 2. The maximum atomic E-state index is 5.10. The van der Waals surface area contributed by atoms with Crippen molar-refractivity contribution in [1.29, 1.82) is 0 Å². The Hall–Kier alpha value is -3.13. The summed E-state index contributed by atoms with van der Waals surface area (Å²) in [5, 5.41) is 4.05. The predicted octanol–water partition coefficient (Wildman–Crippen LogP) is 7.72. The lowest BCUT2D eigenvalue weighted by Gasteiger charge is -2.48. The zero-order valence-corrected chi connectivity index (χ0v) is 18.7. The molecule has 3 fully saturated rings. The molecule has 4 aliphatic rings. The molecule has 9 rings (SSSR count). The molecule has 2 aromatic heterocycles. The SMILES string of the molecule is c1ccc(-n2c3ccccc3c3cc4ncc5c(c4cc32)C2CC3CC4CC5CC43C2)cc1. The molecule has 160 valence electrons. The molecule has 0 aliphatic heterocycles. The Labute approximate surface area is 193 Å². The van der Waals surface area contributed by atoms with Crippen molar-refractivity contribution in [3.8, 4) is 5.69 Å². The number of pyridine rings is 1. The van der Waals surface area contributed by atoms with Gasteiger partial charge in [0.25, 0.3) is 0 Å². The van der Waals surface area contributed by atoms with Crippen LogP contribution >= 0.6 is 0 Å². The minimum atomic E-state index is 0.684. The molecule has 1 spiro atoms. The first-order valence-corrected chi connectivity index (χ1v) is 12.7. The van der Waals surface area contributed by atoms with Gasteiger partial charge in [0, 0.05) is 28.0 Å². The van der Waals surface area contributed by atoms with Crippen LogP contribution in [0.25, 0.3) is 38.4 Å². The third-order valence-electron chi connectivity index (χ3n) is 10.2. The summed E-state index contributed by atoms with van der Waals surface area (Å²) in [6, 6.07) is 24.6. The molecule has 0 N–H and O–H groups in total. The highest BCUT2D eigenvalue weighted by molar-refractivity contribution is 6.13. The second-order valence-electron chi connectivity index (χ2n) is 11.3. The van der Waals surface area contributed by atoms with E-state index in [-0.39, 0.29) is 0 Å². The van der Waals surface area contributed by atoms with Gasteiger partial charge in [0.2, 0.25) is 0 Å². The zero-order chi connectivity index (χ0) is 21.3. The van der Waals surface area contributed by atoms with E-state index in [1.165, 1.54) is 70.5 Å². The third kappa shape index (κ3) is 1.97. The van der Waals surface area contributed by atoms with Gasteiger partial charge in [-0.2, -0.15) is 0 Å². The van der Waals surface area contributed by atoms with Crippen molar-refractivity contribution in [3.05, 3.63) is 84.1 Å². The predicted molar refractivity (Wildman–Crippen MR) is 134 cm³/mol. The van der Waals surface area contributed by atoms with Crippen molar-refractivity contribution >= 4 is 32.7 Å². The minimum absolute atomic E-state index is 0.684. The molecule has 3 aromatic carbocycles. The molecule has 0 radical (unpaired) electrons. The van der Waals surface area contributed by atoms with Gasteiger partial charge in [-0.05, 0) is 103 Å². The number of hydrogen-bond acceptors (Lipinski definition) is 1. The average molecular weight is 427 g/mol. The Morgan fingerprint density at radius 3 is 2.42 bits per heavy atom. The van der Waals surface area contributed by atoms with Crippen LogP contribution in [0.4, 0.5) is 0 Å². The van der Waals surface area contributed by atoms with Crippen LogP contribution in [0.15, 0.2) is 72.9 Å². The molecule has 2 heteroatoms. The fourth-order valence-corrected chi connectivity index (χ4v) is 8.95. The quantitative estimate of drug-likeness (QED) is 0.268. The van der Waals surface area contributed by atoms with Crippen molar-refractivity contribution in [1.82, 2.24) is 9.55 Å². The van der Waals surface area contributed by atoms with Gasteiger partial charge in [0.05, 0.1) is 16.6 Å². The topological polar surface area (TPSA) is 17.8 Å². The zero-order valence-electron chi connectivity index (χ0n) is 18.7. The van der Waals surface area contributed by atoms with E-state index < -0.39 is 0 Å². The molecule has 3 bridgehead atoms. The highest BCUT2D eigenvalue weighted by Gasteiger charge is 2.65. The summed E-state index contributed by atoms with van der Waals surface area (Å²) in [6.07, 6.45) is 9.47. The number of rotatable bonds is 1. The number of nitrogens with zero attached hydrogens (tertiary/aromatic N) is 2. The summed E-state index contributed by atoms with van der Waals surface area (Å²) in [4.78, 5) is 5.10. The molecule has 5 unspecified atom stereocenters. The fourth-order valence-electron chi connectivity index (χ4n) is 8.95. The molecular formula is C31H26N2. The molecule has 5 aromatic rings. The second kappa shape index (κ2) is 5.67. The second-order valence-corrected chi connectivity index (χ2v) is 11.3. The normalized spacial score (nSPS) is 31.2. The molecule has 2 nitrogen and oxygen atoms in total.